The van der Waals surface area contributed by atoms with Crippen LogP contribution in [0.4, 0.5) is 0 Å². The zero-order valence-electron chi connectivity index (χ0n) is 10.3. The summed E-state index contributed by atoms with van der Waals surface area (Å²) in [6, 6.07) is 0. The number of rotatable bonds is 8. The predicted octanol–water partition coefficient (Wildman–Crippen LogP) is 0.294. The van der Waals surface area contributed by atoms with Crippen molar-refractivity contribution in [3.05, 3.63) is 25.3 Å². The van der Waals surface area contributed by atoms with Gasteiger partial charge in [-0.2, -0.15) is 0 Å². The molecule has 0 aliphatic rings. The molecule has 2 atom stereocenters. The van der Waals surface area contributed by atoms with Crippen molar-refractivity contribution < 1.29 is 29.3 Å². The Morgan fingerprint density at radius 2 is 1.89 bits per heavy atom. The number of aliphatic hydroxyl groups is 2. The summed E-state index contributed by atoms with van der Waals surface area (Å²) >= 11 is 0. The van der Waals surface area contributed by atoms with E-state index in [0.29, 0.717) is 0 Å². The minimum Gasteiger partial charge on any atom is -0.452 e. The van der Waals surface area contributed by atoms with E-state index in [1.54, 1.807) is 0 Å². The number of ether oxygens (including phenoxy) is 2. The molecule has 2 N–H and O–H groups in total. The van der Waals surface area contributed by atoms with Gasteiger partial charge in [-0.1, -0.05) is 13.2 Å². The number of hydrogen-bond acceptors (Lipinski definition) is 6. The van der Waals surface area contributed by atoms with Crippen LogP contribution in [0.25, 0.3) is 0 Å². The normalized spacial score (nSPS) is 15.1. The van der Waals surface area contributed by atoms with Crippen LogP contribution in [-0.2, 0) is 19.1 Å². The maximum Gasteiger partial charge on any atom is 0.332 e. The van der Waals surface area contributed by atoms with Crippen LogP contribution in [0.1, 0.15) is 19.8 Å². The fourth-order valence-corrected chi connectivity index (χ4v) is 1.21. The molecule has 0 aromatic rings. The molecule has 0 bridgehead atoms. The van der Waals surface area contributed by atoms with Gasteiger partial charge in [0.15, 0.2) is 6.10 Å². The van der Waals surface area contributed by atoms with Crippen molar-refractivity contribution in [2.24, 2.45) is 0 Å². The van der Waals surface area contributed by atoms with Gasteiger partial charge < -0.3 is 19.7 Å². The lowest BCUT2D eigenvalue weighted by atomic mass is 10.1. The van der Waals surface area contributed by atoms with Gasteiger partial charge in [0, 0.05) is 25.7 Å². The van der Waals surface area contributed by atoms with Gasteiger partial charge in [-0.3, -0.25) is 0 Å². The van der Waals surface area contributed by atoms with E-state index in [-0.39, 0.29) is 19.4 Å². The molecule has 0 fully saturated rings. The average Bonchev–Trinajstić information content (AvgIpc) is 2.32. The third kappa shape index (κ3) is 5.60. The van der Waals surface area contributed by atoms with Crippen molar-refractivity contribution in [1.29, 1.82) is 0 Å². The van der Waals surface area contributed by atoms with Crippen molar-refractivity contribution in [1.82, 2.24) is 0 Å². The van der Waals surface area contributed by atoms with Gasteiger partial charge in [-0.25, -0.2) is 9.59 Å². The van der Waals surface area contributed by atoms with Crippen LogP contribution in [0.3, 0.4) is 0 Å². The molecule has 0 aliphatic heterocycles. The molecule has 0 amide bonds. The number of aliphatic hydroxyl groups excluding tert-OH is 1. The minimum absolute atomic E-state index is 0.132. The minimum atomic E-state index is -2.00. The molecular formula is C12H18O6. The second-order valence-electron chi connectivity index (χ2n) is 3.68. The third-order valence-corrected chi connectivity index (χ3v) is 2.12. The quantitative estimate of drug-likeness (QED) is 0.369. The van der Waals surface area contributed by atoms with Crippen LogP contribution in [-0.4, -0.2) is 40.6 Å². The van der Waals surface area contributed by atoms with E-state index >= 15 is 0 Å². The molecule has 0 saturated heterocycles. The first-order valence-corrected chi connectivity index (χ1v) is 5.39. The summed E-state index contributed by atoms with van der Waals surface area (Å²) in [6.45, 7) is 7.46. The van der Waals surface area contributed by atoms with Gasteiger partial charge in [-0.05, 0) is 12.8 Å². The van der Waals surface area contributed by atoms with Crippen molar-refractivity contribution >= 4 is 11.9 Å². The van der Waals surface area contributed by atoms with Crippen molar-refractivity contribution in [2.75, 3.05) is 6.61 Å². The van der Waals surface area contributed by atoms with E-state index in [4.69, 9.17) is 14.6 Å². The van der Waals surface area contributed by atoms with Crippen LogP contribution in [0.15, 0.2) is 25.3 Å². The molecule has 0 rings (SSSR count). The molecule has 0 radical (unpaired) electrons. The first-order valence-electron chi connectivity index (χ1n) is 5.39. The molecule has 0 heterocycles. The van der Waals surface area contributed by atoms with Crippen LogP contribution in [0.5, 0.6) is 0 Å². The lowest BCUT2D eigenvalue weighted by Crippen LogP contribution is -2.45. The van der Waals surface area contributed by atoms with Gasteiger partial charge in [0.2, 0.25) is 5.79 Å². The van der Waals surface area contributed by atoms with E-state index in [0.717, 1.165) is 12.2 Å². The van der Waals surface area contributed by atoms with E-state index in [1.807, 2.05) is 0 Å². The van der Waals surface area contributed by atoms with E-state index in [2.05, 4.69) is 13.2 Å². The molecule has 6 nitrogen and oxygen atoms in total. The topological polar surface area (TPSA) is 93.1 Å². The standard InChI is InChI=1S/C12H18O6/c1-4-10(14)17-9(7-6-8-13)12(3,16)18-11(15)5-2/h4-5,9,13,16H,1-2,6-8H2,3H3. The van der Waals surface area contributed by atoms with E-state index < -0.39 is 23.8 Å². The summed E-state index contributed by atoms with van der Waals surface area (Å²) in [7, 11) is 0. The number of esters is 2. The van der Waals surface area contributed by atoms with Crippen LogP contribution in [0.2, 0.25) is 0 Å². The molecular weight excluding hydrogens is 240 g/mol. The highest BCUT2D eigenvalue weighted by Crippen LogP contribution is 2.20. The second kappa shape index (κ2) is 7.62. The summed E-state index contributed by atoms with van der Waals surface area (Å²) < 4.78 is 9.58. The van der Waals surface area contributed by atoms with Crippen molar-refractivity contribution in [2.45, 2.75) is 31.7 Å². The Hall–Kier alpha value is -1.66. The lowest BCUT2D eigenvalue weighted by molar-refractivity contribution is -0.242. The Morgan fingerprint density at radius 3 is 2.33 bits per heavy atom. The summed E-state index contributed by atoms with van der Waals surface area (Å²) in [4.78, 5) is 22.2. The monoisotopic (exact) mass is 258 g/mol. The van der Waals surface area contributed by atoms with Gasteiger partial charge in [0.1, 0.15) is 0 Å². The van der Waals surface area contributed by atoms with Gasteiger partial charge in [0.25, 0.3) is 0 Å². The van der Waals surface area contributed by atoms with E-state index in [1.165, 1.54) is 6.92 Å². The Balaban J connectivity index is 4.78. The Labute approximate surface area is 106 Å². The second-order valence-corrected chi connectivity index (χ2v) is 3.68. The first kappa shape index (κ1) is 16.3. The van der Waals surface area contributed by atoms with Crippen LogP contribution >= 0.6 is 0 Å². The molecule has 0 aromatic carbocycles. The summed E-state index contributed by atoms with van der Waals surface area (Å²) in [5, 5.41) is 18.7. The summed E-state index contributed by atoms with van der Waals surface area (Å²) in [5.41, 5.74) is 0. The molecule has 2 unspecified atom stereocenters. The maximum atomic E-state index is 11.1. The third-order valence-electron chi connectivity index (χ3n) is 2.12. The molecule has 0 aromatic heterocycles. The van der Waals surface area contributed by atoms with Gasteiger partial charge in [0.05, 0.1) is 0 Å². The number of carbonyl (C=O) groups excluding carboxylic acids is 2. The Morgan fingerprint density at radius 1 is 1.33 bits per heavy atom. The molecule has 102 valence electrons. The molecule has 0 spiro atoms. The van der Waals surface area contributed by atoms with Gasteiger partial charge in [-0.15, -0.1) is 0 Å². The number of carbonyl (C=O) groups is 2. The number of hydrogen-bond donors (Lipinski definition) is 2. The highest BCUT2D eigenvalue weighted by atomic mass is 16.7. The smallest absolute Gasteiger partial charge is 0.332 e. The Bertz CT molecular complexity index is 321. The molecule has 18 heavy (non-hydrogen) atoms. The largest absolute Gasteiger partial charge is 0.452 e. The van der Waals surface area contributed by atoms with Gasteiger partial charge >= 0.3 is 11.9 Å². The first-order chi connectivity index (χ1) is 8.37. The molecule has 0 aliphatic carbocycles. The van der Waals surface area contributed by atoms with Crippen LogP contribution < -0.4 is 0 Å². The summed E-state index contributed by atoms with van der Waals surface area (Å²) in [5.74, 6) is -3.60. The maximum absolute atomic E-state index is 11.1. The molecule has 0 saturated carbocycles. The fourth-order valence-electron chi connectivity index (χ4n) is 1.21. The highest BCUT2D eigenvalue weighted by Gasteiger charge is 2.37. The fraction of sp³-hybridized carbons (Fsp3) is 0.500. The lowest BCUT2D eigenvalue weighted by Gasteiger charge is -2.31. The van der Waals surface area contributed by atoms with Crippen LogP contribution in [0, 0.1) is 0 Å². The average molecular weight is 258 g/mol. The zero-order chi connectivity index (χ0) is 14.2. The zero-order valence-corrected chi connectivity index (χ0v) is 10.3. The SMILES string of the molecule is C=CC(=O)OC(CCCO)C(C)(O)OC(=O)C=C. The molecule has 6 heteroatoms. The Kier molecular flexibility index (Phi) is 6.92. The van der Waals surface area contributed by atoms with E-state index in [9.17, 15) is 14.7 Å². The highest BCUT2D eigenvalue weighted by molar-refractivity contribution is 5.82. The summed E-state index contributed by atoms with van der Waals surface area (Å²) in [6.07, 6.45) is 1.12. The predicted molar refractivity (Wildman–Crippen MR) is 63.3 cm³/mol. The van der Waals surface area contributed by atoms with Crippen molar-refractivity contribution in [3.63, 3.8) is 0 Å². The van der Waals surface area contributed by atoms with Crippen molar-refractivity contribution in [3.8, 4) is 0 Å².